The van der Waals surface area contributed by atoms with Gasteiger partial charge in [-0.3, -0.25) is 24.6 Å². The molecular weight excluding hydrogens is 422 g/mol. The van der Waals surface area contributed by atoms with Gasteiger partial charge in [0, 0.05) is 39.9 Å². The lowest BCUT2D eigenvalue weighted by Crippen LogP contribution is -2.52. The van der Waals surface area contributed by atoms with Crippen molar-refractivity contribution in [2.45, 2.75) is 38.6 Å². The summed E-state index contributed by atoms with van der Waals surface area (Å²) in [7, 11) is 0. The van der Waals surface area contributed by atoms with Crippen LogP contribution in [0.15, 0.2) is 42.5 Å². The Labute approximate surface area is 198 Å². The molecule has 0 aromatic heterocycles. The van der Waals surface area contributed by atoms with Gasteiger partial charge in [-0.2, -0.15) is 0 Å². The zero-order valence-electron chi connectivity index (χ0n) is 22.0. The minimum atomic E-state index is -1.99. The number of benzene rings is 2. The molecule has 3 amide bonds. The summed E-state index contributed by atoms with van der Waals surface area (Å²) in [5.41, 5.74) is 2.89. The lowest BCUT2D eigenvalue weighted by atomic mass is 10.0. The average molecular weight is 454 g/mol. The summed E-state index contributed by atoms with van der Waals surface area (Å²) in [5, 5.41) is 2.30. The molecule has 0 bridgehead atoms. The molecule has 33 heavy (non-hydrogen) atoms. The predicted molar refractivity (Wildman–Crippen MR) is 119 cm³/mol. The molecule has 3 atom stereocenters. The van der Waals surface area contributed by atoms with Crippen molar-refractivity contribution in [2.75, 3.05) is 26.2 Å². The van der Waals surface area contributed by atoms with Crippen molar-refractivity contribution in [1.82, 2.24) is 15.1 Å². The van der Waals surface area contributed by atoms with Crippen molar-refractivity contribution in [3.63, 3.8) is 0 Å². The van der Waals surface area contributed by atoms with Crippen LogP contribution in [0, 0.1) is 0 Å². The zero-order chi connectivity index (χ0) is 26.3. The first-order chi connectivity index (χ1) is 17.6. The second-order valence-corrected chi connectivity index (χ2v) is 8.22. The molecule has 1 N–H and O–H groups in total. The minimum Gasteiger partial charge on any atom is -0.489 e. The Hall–Kier alpha value is -3.23. The Morgan fingerprint density at radius 1 is 1.09 bits per heavy atom. The monoisotopic (exact) mass is 453 g/mol. The van der Waals surface area contributed by atoms with E-state index in [4.69, 9.17) is 15.0 Å². The van der Waals surface area contributed by atoms with Gasteiger partial charge in [0.15, 0.2) is 0 Å². The van der Waals surface area contributed by atoms with Gasteiger partial charge in [-0.1, -0.05) is 30.3 Å². The third kappa shape index (κ3) is 4.62. The molecule has 3 aliphatic rings. The molecule has 2 fully saturated rings. The van der Waals surface area contributed by atoms with Gasteiger partial charge < -0.3 is 14.4 Å². The van der Waals surface area contributed by atoms with Crippen LogP contribution < -0.4 is 10.1 Å². The summed E-state index contributed by atoms with van der Waals surface area (Å²) in [4.78, 5) is 39.7. The number of ether oxygens (including phenoxy) is 2. The van der Waals surface area contributed by atoms with E-state index in [0.29, 0.717) is 23.3 Å². The second-order valence-electron chi connectivity index (χ2n) is 8.22. The Balaban J connectivity index is 1.23. The van der Waals surface area contributed by atoms with E-state index in [-0.39, 0.29) is 44.5 Å². The summed E-state index contributed by atoms with van der Waals surface area (Å²) in [6.07, 6.45) is 0.489. The summed E-state index contributed by atoms with van der Waals surface area (Å²) < 4.78 is 42.8. The largest absolute Gasteiger partial charge is 0.489 e. The summed E-state index contributed by atoms with van der Waals surface area (Å²) >= 11 is 0. The number of nitrogens with zero attached hydrogens (tertiary/aromatic N) is 2. The number of hydrogen-bond donors (Lipinski definition) is 1. The van der Waals surface area contributed by atoms with Gasteiger partial charge in [-0.15, -0.1) is 0 Å². The Morgan fingerprint density at radius 2 is 1.91 bits per heavy atom. The fraction of sp³-hybridized carbons (Fsp3) is 0.400. The SMILES string of the molecule is [2H]C1CN(Cc2ccc(COc3cccc4c3CN(C3CCC(=O)NC3=O)C4=O)cc2)C([2H])([2H])C([2H])O1. The second kappa shape index (κ2) is 9.33. The highest BCUT2D eigenvalue weighted by molar-refractivity contribution is 6.05. The molecule has 172 valence electrons. The van der Waals surface area contributed by atoms with Gasteiger partial charge in [0.05, 0.1) is 22.5 Å². The molecular formula is C25H27N3O5. The van der Waals surface area contributed by atoms with E-state index in [9.17, 15) is 14.4 Å². The van der Waals surface area contributed by atoms with Crippen LogP contribution in [0.2, 0.25) is 0 Å². The molecule has 2 aromatic carbocycles. The maximum absolute atomic E-state index is 13.0. The summed E-state index contributed by atoms with van der Waals surface area (Å²) in [6.45, 7) is -3.62. The maximum atomic E-state index is 13.0. The highest BCUT2D eigenvalue weighted by atomic mass is 16.5. The van der Waals surface area contributed by atoms with Crippen molar-refractivity contribution >= 4 is 17.7 Å². The first kappa shape index (κ1) is 17.3. The highest BCUT2D eigenvalue weighted by Crippen LogP contribution is 2.34. The minimum absolute atomic E-state index is 0.0704. The molecule has 3 unspecified atom stereocenters. The predicted octanol–water partition coefficient (Wildman–Crippen LogP) is 1.86. The summed E-state index contributed by atoms with van der Waals surface area (Å²) in [6, 6.07) is 12.0. The van der Waals surface area contributed by atoms with E-state index < -0.39 is 31.6 Å². The van der Waals surface area contributed by atoms with E-state index in [1.165, 1.54) is 9.80 Å². The van der Waals surface area contributed by atoms with Crippen molar-refractivity contribution in [2.24, 2.45) is 0 Å². The van der Waals surface area contributed by atoms with Crippen molar-refractivity contribution in [1.29, 1.82) is 0 Å². The number of rotatable bonds is 6. The van der Waals surface area contributed by atoms with Crippen molar-refractivity contribution in [3.05, 3.63) is 64.7 Å². The van der Waals surface area contributed by atoms with Gasteiger partial charge in [-0.25, -0.2) is 0 Å². The van der Waals surface area contributed by atoms with Crippen LogP contribution in [0.5, 0.6) is 5.75 Å². The topological polar surface area (TPSA) is 88.2 Å². The number of morpholine rings is 1. The number of amides is 3. The molecule has 3 heterocycles. The molecule has 0 spiro atoms. The molecule has 2 saturated heterocycles. The van der Waals surface area contributed by atoms with Gasteiger partial charge in [0.2, 0.25) is 11.8 Å². The van der Waals surface area contributed by atoms with Crippen LogP contribution in [0.25, 0.3) is 0 Å². The van der Waals surface area contributed by atoms with E-state index in [2.05, 4.69) is 5.32 Å². The molecule has 0 radical (unpaired) electrons. The molecule has 8 heteroatoms. The summed E-state index contributed by atoms with van der Waals surface area (Å²) in [5.74, 6) is -0.492. The third-order valence-electron chi connectivity index (χ3n) is 6.02. The van der Waals surface area contributed by atoms with Crippen LogP contribution in [-0.2, 0) is 34.0 Å². The van der Waals surface area contributed by atoms with Crippen LogP contribution in [-0.4, -0.2) is 59.8 Å². The number of imide groups is 1. The molecule has 8 nitrogen and oxygen atoms in total. The van der Waals surface area contributed by atoms with Crippen LogP contribution in [0.4, 0.5) is 0 Å². The van der Waals surface area contributed by atoms with Crippen LogP contribution in [0.3, 0.4) is 0 Å². The molecule has 2 aromatic rings. The lowest BCUT2D eigenvalue weighted by molar-refractivity contribution is -0.136. The molecule has 0 aliphatic carbocycles. The number of carbonyl (C=O) groups excluding carboxylic acids is 3. The third-order valence-corrected chi connectivity index (χ3v) is 6.02. The van der Waals surface area contributed by atoms with Crippen molar-refractivity contribution < 1.29 is 29.3 Å². The molecule has 0 saturated carbocycles. The number of fused-ring (bicyclic) bond motifs is 1. The standard InChI is InChI=1S/C25H27N3O5/c29-23-9-8-21(24(30)26-23)28-15-20-19(25(28)31)2-1-3-22(20)33-16-18-6-4-17(5-7-18)14-27-10-12-32-13-11-27/h1-7,21H,8-16H2,(H,26,29,30)/i10D2,12D,13D. The van der Waals surface area contributed by atoms with E-state index in [1.807, 2.05) is 24.3 Å². The normalized spacial score (nSPS) is 28.9. The fourth-order valence-corrected chi connectivity index (χ4v) is 4.26. The first-order valence-corrected chi connectivity index (χ1v) is 10.9. The quantitative estimate of drug-likeness (QED) is 0.672. The zero-order valence-corrected chi connectivity index (χ0v) is 18.0. The Bertz CT molecular complexity index is 1230. The van der Waals surface area contributed by atoms with Gasteiger partial charge in [-0.05, 0) is 29.7 Å². The Morgan fingerprint density at radius 3 is 2.73 bits per heavy atom. The first-order valence-electron chi connectivity index (χ1n) is 13.0. The molecule has 5 rings (SSSR count). The lowest BCUT2D eigenvalue weighted by Gasteiger charge is -2.29. The smallest absolute Gasteiger partial charge is 0.255 e. The maximum Gasteiger partial charge on any atom is 0.255 e. The Kier molecular flexibility index (Phi) is 4.88. The van der Waals surface area contributed by atoms with Gasteiger partial charge in [0.1, 0.15) is 18.4 Å². The fourth-order valence-electron chi connectivity index (χ4n) is 4.26. The van der Waals surface area contributed by atoms with Gasteiger partial charge >= 0.3 is 0 Å². The highest BCUT2D eigenvalue weighted by Gasteiger charge is 2.40. The van der Waals surface area contributed by atoms with E-state index in [1.54, 1.807) is 18.2 Å². The van der Waals surface area contributed by atoms with Gasteiger partial charge in [0.25, 0.3) is 5.91 Å². The number of piperidine rings is 1. The van der Waals surface area contributed by atoms with E-state index >= 15 is 0 Å². The number of nitrogens with one attached hydrogen (secondary N) is 1. The number of hydrogen-bond acceptors (Lipinski definition) is 6. The number of carbonyl (C=O) groups is 3. The molecule has 3 aliphatic heterocycles. The van der Waals surface area contributed by atoms with E-state index in [0.717, 1.165) is 11.1 Å². The van der Waals surface area contributed by atoms with Crippen molar-refractivity contribution in [3.8, 4) is 5.75 Å². The average Bonchev–Trinajstić information content (AvgIpc) is 3.19. The van der Waals surface area contributed by atoms with Crippen LogP contribution >= 0.6 is 0 Å². The van der Waals surface area contributed by atoms with Crippen LogP contribution in [0.1, 0.15) is 45.4 Å².